The number of rotatable bonds is 6. The van der Waals surface area contributed by atoms with Crippen LogP contribution in [0.2, 0.25) is 10.0 Å². The number of halogens is 4. The van der Waals surface area contributed by atoms with Crippen LogP contribution in [0, 0.1) is 17.1 Å². The molecule has 156 valence electrons. The third-order valence-electron chi connectivity index (χ3n) is 4.12. The van der Waals surface area contributed by atoms with E-state index in [1.807, 2.05) is 6.07 Å². The molecule has 3 rings (SSSR count). The van der Waals surface area contributed by atoms with Gasteiger partial charge in [0, 0.05) is 5.69 Å². The van der Waals surface area contributed by atoms with Gasteiger partial charge < -0.3 is 10.1 Å². The minimum atomic E-state index is -0.575. The number of carbonyl (C=O) groups excluding carboxylic acids is 1. The highest BCUT2D eigenvalue weighted by Crippen LogP contribution is 2.28. The molecule has 1 amide bonds. The van der Waals surface area contributed by atoms with Crippen LogP contribution in [0.25, 0.3) is 6.08 Å². The van der Waals surface area contributed by atoms with Crippen molar-refractivity contribution in [3.05, 3.63) is 97.7 Å². The van der Waals surface area contributed by atoms with E-state index in [2.05, 4.69) is 21.2 Å². The fraction of sp³-hybridized carbons (Fsp3) is 0.0435. The number of benzene rings is 3. The van der Waals surface area contributed by atoms with E-state index in [9.17, 15) is 14.4 Å². The Labute approximate surface area is 197 Å². The van der Waals surface area contributed by atoms with Crippen LogP contribution in [0.1, 0.15) is 11.1 Å². The van der Waals surface area contributed by atoms with Crippen LogP contribution in [-0.2, 0) is 11.4 Å². The molecule has 0 spiro atoms. The van der Waals surface area contributed by atoms with E-state index < -0.39 is 5.91 Å². The van der Waals surface area contributed by atoms with Gasteiger partial charge in [0.2, 0.25) is 0 Å². The van der Waals surface area contributed by atoms with E-state index in [0.717, 1.165) is 5.56 Å². The second kappa shape index (κ2) is 10.5. The highest BCUT2D eigenvalue weighted by atomic mass is 79.9. The third-order valence-corrected chi connectivity index (χ3v) is 5.48. The van der Waals surface area contributed by atoms with E-state index in [4.69, 9.17) is 27.9 Å². The molecule has 0 radical (unpaired) electrons. The molecule has 0 aliphatic carbocycles. The molecule has 0 bridgehead atoms. The molecule has 3 aromatic rings. The maximum Gasteiger partial charge on any atom is 0.266 e. The molecule has 1 N–H and O–H groups in total. The highest BCUT2D eigenvalue weighted by Gasteiger charge is 2.11. The number of hydrogen-bond donors (Lipinski definition) is 1. The Bertz CT molecular complexity index is 1190. The van der Waals surface area contributed by atoms with Crippen LogP contribution in [0.15, 0.2) is 70.7 Å². The average molecular weight is 520 g/mol. The zero-order valence-corrected chi connectivity index (χ0v) is 18.9. The summed E-state index contributed by atoms with van der Waals surface area (Å²) in [5.41, 5.74) is 1.79. The Morgan fingerprint density at radius 2 is 1.84 bits per heavy atom. The maximum atomic E-state index is 13.0. The van der Waals surface area contributed by atoms with Crippen molar-refractivity contribution in [1.29, 1.82) is 5.26 Å². The van der Waals surface area contributed by atoms with Crippen molar-refractivity contribution in [2.45, 2.75) is 6.61 Å². The van der Waals surface area contributed by atoms with Crippen molar-refractivity contribution in [1.82, 2.24) is 0 Å². The van der Waals surface area contributed by atoms with Gasteiger partial charge in [0.25, 0.3) is 5.91 Å². The zero-order valence-electron chi connectivity index (χ0n) is 15.8. The largest absolute Gasteiger partial charge is 0.488 e. The smallest absolute Gasteiger partial charge is 0.266 e. The molecule has 4 nitrogen and oxygen atoms in total. The van der Waals surface area contributed by atoms with E-state index in [-0.39, 0.29) is 18.0 Å². The van der Waals surface area contributed by atoms with Crippen LogP contribution in [0.3, 0.4) is 0 Å². The molecule has 8 heteroatoms. The van der Waals surface area contributed by atoms with Gasteiger partial charge >= 0.3 is 0 Å². The van der Waals surface area contributed by atoms with Gasteiger partial charge in [-0.25, -0.2) is 4.39 Å². The predicted octanol–water partition coefficient (Wildman–Crippen LogP) is 7.02. The molecule has 0 aliphatic rings. The van der Waals surface area contributed by atoms with Crippen molar-refractivity contribution >= 4 is 56.8 Å². The summed E-state index contributed by atoms with van der Waals surface area (Å²) in [5, 5.41) is 12.7. The second-order valence-electron chi connectivity index (χ2n) is 6.36. The summed E-state index contributed by atoms with van der Waals surface area (Å²) in [4.78, 5) is 12.4. The zero-order chi connectivity index (χ0) is 22.4. The molecule has 31 heavy (non-hydrogen) atoms. The van der Waals surface area contributed by atoms with Gasteiger partial charge in [0.15, 0.2) is 0 Å². The molecule has 3 aromatic carbocycles. The number of nitrogens with one attached hydrogen (secondary N) is 1. The third kappa shape index (κ3) is 6.31. The van der Waals surface area contributed by atoms with Gasteiger partial charge in [-0.1, -0.05) is 41.4 Å². The molecular weight excluding hydrogens is 506 g/mol. The molecule has 0 fully saturated rings. The highest BCUT2D eigenvalue weighted by molar-refractivity contribution is 9.10. The number of carbonyl (C=O) groups is 1. The van der Waals surface area contributed by atoms with E-state index in [1.54, 1.807) is 42.5 Å². The minimum Gasteiger partial charge on any atom is -0.488 e. The molecule has 0 heterocycles. The first-order chi connectivity index (χ1) is 14.9. The quantitative estimate of drug-likeness (QED) is 0.281. The second-order valence-corrected chi connectivity index (χ2v) is 8.03. The predicted molar refractivity (Wildman–Crippen MR) is 124 cm³/mol. The van der Waals surface area contributed by atoms with Gasteiger partial charge in [0.1, 0.15) is 29.8 Å². The number of ether oxygens (including phenoxy) is 1. The minimum absolute atomic E-state index is 0.0852. The van der Waals surface area contributed by atoms with Gasteiger partial charge in [-0.15, -0.1) is 0 Å². The number of nitrogens with zero attached hydrogens (tertiary/aromatic N) is 1. The van der Waals surface area contributed by atoms with Crippen LogP contribution < -0.4 is 10.1 Å². The summed E-state index contributed by atoms with van der Waals surface area (Å²) in [5.74, 6) is -0.313. The Kier molecular flexibility index (Phi) is 7.69. The van der Waals surface area contributed by atoms with Gasteiger partial charge in [0.05, 0.1) is 14.5 Å². The van der Waals surface area contributed by atoms with Crippen LogP contribution in [-0.4, -0.2) is 5.91 Å². The lowest BCUT2D eigenvalue weighted by Crippen LogP contribution is -2.13. The number of amides is 1. The van der Waals surface area contributed by atoms with Crippen molar-refractivity contribution in [3.8, 4) is 11.8 Å². The molecule has 0 saturated heterocycles. The number of anilines is 1. The Hall–Kier alpha value is -2.85. The maximum absolute atomic E-state index is 13.0. The van der Waals surface area contributed by atoms with Gasteiger partial charge in [-0.2, -0.15) is 5.26 Å². The van der Waals surface area contributed by atoms with Crippen LogP contribution in [0.4, 0.5) is 10.1 Å². The number of nitriles is 1. The van der Waals surface area contributed by atoms with Crippen molar-refractivity contribution in [3.63, 3.8) is 0 Å². The molecular formula is C23H14BrCl2FN2O2. The van der Waals surface area contributed by atoms with Crippen molar-refractivity contribution in [2.24, 2.45) is 0 Å². The lowest BCUT2D eigenvalue weighted by atomic mass is 10.1. The van der Waals surface area contributed by atoms with Gasteiger partial charge in [-0.05, 0) is 75.6 Å². The fourth-order valence-electron chi connectivity index (χ4n) is 2.55. The topological polar surface area (TPSA) is 62.1 Å². The first-order valence-electron chi connectivity index (χ1n) is 8.90. The Morgan fingerprint density at radius 1 is 1.10 bits per heavy atom. The summed E-state index contributed by atoms with van der Waals surface area (Å²) < 4.78 is 19.4. The number of hydrogen-bond acceptors (Lipinski definition) is 3. The molecule has 0 saturated carbocycles. The monoisotopic (exact) mass is 518 g/mol. The summed E-state index contributed by atoms with van der Waals surface area (Å²) in [7, 11) is 0. The van der Waals surface area contributed by atoms with E-state index >= 15 is 0 Å². The van der Waals surface area contributed by atoms with Crippen LogP contribution >= 0.6 is 39.1 Å². The lowest BCUT2D eigenvalue weighted by Gasteiger charge is -2.09. The molecule has 0 unspecified atom stereocenters. The standard InChI is InChI=1S/C23H14BrCl2FN2O2/c24-19-10-15(3-8-22(19)31-13-14-1-4-17(27)5-2-14)9-16(12-28)23(30)29-18-6-7-20(25)21(26)11-18/h1-11H,13H2,(H,29,30)/b16-9+. The Morgan fingerprint density at radius 3 is 2.48 bits per heavy atom. The average Bonchev–Trinajstić information content (AvgIpc) is 2.75. The Balaban J connectivity index is 1.70. The van der Waals surface area contributed by atoms with E-state index in [0.29, 0.717) is 31.5 Å². The normalized spacial score (nSPS) is 11.0. The summed E-state index contributed by atoms with van der Waals surface area (Å²) in [6.45, 7) is 0.267. The molecule has 0 atom stereocenters. The van der Waals surface area contributed by atoms with Crippen molar-refractivity contribution < 1.29 is 13.9 Å². The molecule has 0 aliphatic heterocycles. The van der Waals surface area contributed by atoms with Crippen molar-refractivity contribution in [2.75, 3.05) is 5.32 Å². The summed E-state index contributed by atoms with van der Waals surface area (Å²) >= 11 is 15.2. The fourth-order valence-corrected chi connectivity index (χ4v) is 3.36. The van der Waals surface area contributed by atoms with E-state index in [1.165, 1.54) is 24.3 Å². The summed E-state index contributed by atoms with van der Waals surface area (Å²) in [6, 6.07) is 17.7. The SMILES string of the molecule is N#C/C(=C\c1ccc(OCc2ccc(F)cc2)c(Br)c1)C(=O)Nc1ccc(Cl)c(Cl)c1. The lowest BCUT2D eigenvalue weighted by molar-refractivity contribution is -0.112. The molecule has 0 aromatic heterocycles. The van der Waals surface area contributed by atoms with Gasteiger partial charge in [-0.3, -0.25) is 4.79 Å². The first-order valence-corrected chi connectivity index (χ1v) is 10.5. The summed E-state index contributed by atoms with van der Waals surface area (Å²) in [6.07, 6.45) is 1.46. The first kappa shape index (κ1) is 22.8. The van der Waals surface area contributed by atoms with Crippen LogP contribution in [0.5, 0.6) is 5.75 Å².